The molecule has 8 nitrogen and oxygen atoms in total. The van der Waals surface area contributed by atoms with Crippen molar-refractivity contribution in [2.24, 2.45) is 5.10 Å². The zero-order valence-corrected chi connectivity index (χ0v) is 19.2. The molecule has 2 rings (SSSR count). The minimum absolute atomic E-state index is 0.134. The van der Waals surface area contributed by atoms with Crippen LogP contribution >= 0.6 is 45.2 Å². The maximum absolute atomic E-state index is 11.9. The lowest BCUT2D eigenvalue weighted by Gasteiger charge is -2.25. The van der Waals surface area contributed by atoms with E-state index in [9.17, 15) is 9.59 Å². The predicted molar refractivity (Wildman–Crippen MR) is 117 cm³/mol. The van der Waals surface area contributed by atoms with Gasteiger partial charge in [-0.15, -0.1) is 0 Å². The number of rotatable bonds is 8. The van der Waals surface area contributed by atoms with Crippen LogP contribution < -0.4 is 10.2 Å². The molecule has 0 unspecified atom stereocenters. The molecule has 1 aliphatic heterocycles. The minimum Gasteiger partial charge on any atom is -0.480 e. The van der Waals surface area contributed by atoms with Gasteiger partial charge in [-0.05, 0) is 69.8 Å². The molecule has 1 fully saturated rings. The van der Waals surface area contributed by atoms with E-state index in [1.54, 1.807) is 13.1 Å². The van der Waals surface area contributed by atoms with Crippen molar-refractivity contribution in [1.29, 1.82) is 0 Å². The molecule has 27 heavy (non-hydrogen) atoms. The largest absolute Gasteiger partial charge is 0.480 e. The van der Waals surface area contributed by atoms with E-state index in [-0.39, 0.29) is 12.5 Å². The number of esters is 1. The number of halogens is 2. The zero-order valence-electron chi connectivity index (χ0n) is 14.9. The molecule has 1 aliphatic rings. The van der Waals surface area contributed by atoms with Gasteiger partial charge in [-0.25, -0.2) is 10.2 Å². The van der Waals surface area contributed by atoms with E-state index in [1.165, 1.54) is 0 Å². The van der Waals surface area contributed by atoms with E-state index in [4.69, 9.17) is 14.2 Å². The molecule has 10 heteroatoms. The molecule has 0 aliphatic carbocycles. The van der Waals surface area contributed by atoms with Crippen LogP contribution in [0.2, 0.25) is 0 Å². The molecule has 1 aromatic carbocycles. The SMILES string of the molecule is CCOC(=O)COc1c(I)cc(/C=N/NC(=O)CN2CCOCC2)cc1I. The number of morpholine rings is 1. The fraction of sp³-hybridized carbons (Fsp3) is 0.471. The second-order valence-corrected chi connectivity index (χ2v) is 7.91. The molecule has 1 saturated heterocycles. The van der Waals surface area contributed by atoms with Crippen LogP contribution in [0, 0.1) is 7.14 Å². The Bertz CT molecular complexity index is 670. The average Bonchev–Trinajstić information content (AvgIpc) is 2.62. The summed E-state index contributed by atoms with van der Waals surface area (Å²) in [6, 6.07) is 3.72. The van der Waals surface area contributed by atoms with Crippen LogP contribution in [0.3, 0.4) is 0 Å². The quantitative estimate of drug-likeness (QED) is 0.211. The highest BCUT2D eigenvalue weighted by Gasteiger charge is 2.14. The number of hydrazone groups is 1. The summed E-state index contributed by atoms with van der Waals surface area (Å²) in [5.41, 5.74) is 3.36. The second-order valence-electron chi connectivity index (χ2n) is 5.59. The van der Waals surface area contributed by atoms with E-state index < -0.39 is 5.97 Å². The van der Waals surface area contributed by atoms with Crippen molar-refractivity contribution in [1.82, 2.24) is 10.3 Å². The zero-order chi connectivity index (χ0) is 19.6. The molecule has 1 aromatic rings. The molecule has 1 N–H and O–H groups in total. The molecule has 0 radical (unpaired) electrons. The normalized spacial score (nSPS) is 14.9. The number of benzene rings is 1. The van der Waals surface area contributed by atoms with E-state index in [2.05, 4.69) is 55.7 Å². The van der Waals surface area contributed by atoms with Crippen LogP contribution in [0.4, 0.5) is 0 Å². The standard InChI is InChI=1S/C17H21I2N3O5/c1-2-26-16(24)11-27-17-13(18)7-12(8-14(17)19)9-20-21-15(23)10-22-3-5-25-6-4-22/h7-9H,2-6,10-11H2,1H3,(H,21,23)/b20-9+. The molecule has 0 spiro atoms. The van der Waals surface area contributed by atoms with Crippen LogP contribution in [0.15, 0.2) is 17.2 Å². The van der Waals surface area contributed by atoms with Crippen molar-refractivity contribution >= 4 is 63.3 Å². The summed E-state index contributed by atoms with van der Waals surface area (Å²) in [5, 5.41) is 4.01. The lowest BCUT2D eigenvalue weighted by molar-refractivity contribution is -0.145. The van der Waals surface area contributed by atoms with Gasteiger partial charge in [-0.2, -0.15) is 5.10 Å². The Morgan fingerprint density at radius 2 is 1.96 bits per heavy atom. The monoisotopic (exact) mass is 601 g/mol. The van der Waals surface area contributed by atoms with Crippen LogP contribution in [0.25, 0.3) is 0 Å². The smallest absolute Gasteiger partial charge is 0.344 e. The van der Waals surface area contributed by atoms with Crippen molar-refractivity contribution in [2.75, 3.05) is 46.1 Å². The number of hydrogen-bond acceptors (Lipinski definition) is 7. The lowest BCUT2D eigenvalue weighted by Crippen LogP contribution is -2.42. The van der Waals surface area contributed by atoms with E-state index in [0.29, 0.717) is 32.1 Å². The summed E-state index contributed by atoms with van der Waals surface area (Å²) in [6.45, 7) is 5.04. The molecule has 1 amide bonds. The van der Waals surface area contributed by atoms with Gasteiger partial charge in [-0.3, -0.25) is 9.69 Å². The van der Waals surface area contributed by atoms with Crippen LogP contribution in [0.5, 0.6) is 5.75 Å². The summed E-state index contributed by atoms with van der Waals surface area (Å²) < 4.78 is 17.3. The number of nitrogens with zero attached hydrogens (tertiary/aromatic N) is 2. The maximum atomic E-state index is 11.9. The summed E-state index contributed by atoms with van der Waals surface area (Å²) in [4.78, 5) is 25.4. The van der Waals surface area contributed by atoms with Crippen molar-refractivity contribution < 1.29 is 23.8 Å². The maximum Gasteiger partial charge on any atom is 0.344 e. The van der Waals surface area contributed by atoms with Crippen LogP contribution in [-0.4, -0.2) is 69.1 Å². The third-order valence-corrected chi connectivity index (χ3v) is 5.14. The van der Waals surface area contributed by atoms with Crippen molar-refractivity contribution in [3.63, 3.8) is 0 Å². The number of carbonyl (C=O) groups is 2. The van der Waals surface area contributed by atoms with Crippen LogP contribution in [0.1, 0.15) is 12.5 Å². The number of ether oxygens (including phenoxy) is 3. The summed E-state index contributed by atoms with van der Waals surface area (Å²) >= 11 is 4.26. The van der Waals surface area contributed by atoms with Crippen LogP contribution in [-0.2, 0) is 19.1 Å². The molecule has 0 bridgehead atoms. The van der Waals surface area contributed by atoms with Gasteiger partial charge in [0.1, 0.15) is 5.75 Å². The molecular formula is C17H21I2N3O5. The van der Waals surface area contributed by atoms with Crippen molar-refractivity contribution in [3.8, 4) is 5.75 Å². The summed E-state index contributed by atoms with van der Waals surface area (Å²) in [7, 11) is 0. The Labute approximate surface area is 185 Å². The first-order valence-electron chi connectivity index (χ1n) is 8.39. The van der Waals surface area contributed by atoms with Gasteiger partial charge >= 0.3 is 5.97 Å². The first-order valence-corrected chi connectivity index (χ1v) is 10.5. The first kappa shape index (κ1) is 22.3. The number of hydrogen-bond donors (Lipinski definition) is 1. The van der Waals surface area contributed by atoms with Gasteiger partial charge in [0, 0.05) is 13.1 Å². The number of amides is 1. The Kier molecular flexibility index (Phi) is 9.72. The Balaban J connectivity index is 1.87. The van der Waals surface area contributed by atoms with Gasteiger partial charge < -0.3 is 14.2 Å². The second kappa shape index (κ2) is 11.8. The fourth-order valence-electron chi connectivity index (χ4n) is 2.30. The molecule has 0 saturated carbocycles. The van der Waals surface area contributed by atoms with Crippen molar-refractivity contribution in [3.05, 3.63) is 24.8 Å². The highest BCUT2D eigenvalue weighted by atomic mass is 127. The summed E-state index contributed by atoms with van der Waals surface area (Å²) in [6.07, 6.45) is 1.58. The van der Waals surface area contributed by atoms with Gasteiger partial charge in [0.15, 0.2) is 6.61 Å². The minimum atomic E-state index is -0.405. The van der Waals surface area contributed by atoms with Crippen molar-refractivity contribution in [2.45, 2.75) is 6.92 Å². The third kappa shape index (κ3) is 7.87. The highest BCUT2D eigenvalue weighted by Crippen LogP contribution is 2.28. The molecule has 0 aromatic heterocycles. The summed E-state index contributed by atoms with van der Waals surface area (Å²) in [5.74, 6) is 0.0578. The van der Waals surface area contributed by atoms with E-state index in [0.717, 1.165) is 25.8 Å². The third-order valence-electron chi connectivity index (χ3n) is 3.53. The Morgan fingerprint density at radius 1 is 1.30 bits per heavy atom. The highest BCUT2D eigenvalue weighted by molar-refractivity contribution is 14.1. The lowest BCUT2D eigenvalue weighted by atomic mass is 10.2. The molecular weight excluding hydrogens is 580 g/mol. The van der Waals surface area contributed by atoms with Gasteiger partial charge in [0.05, 0.1) is 39.7 Å². The van der Waals surface area contributed by atoms with Gasteiger partial charge in [-0.1, -0.05) is 0 Å². The average molecular weight is 601 g/mol. The van der Waals surface area contributed by atoms with Gasteiger partial charge in [0.25, 0.3) is 5.91 Å². The Morgan fingerprint density at radius 3 is 2.59 bits per heavy atom. The number of nitrogens with one attached hydrogen (secondary N) is 1. The van der Waals surface area contributed by atoms with E-state index >= 15 is 0 Å². The van der Waals surface area contributed by atoms with Gasteiger partial charge in [0.2, 0.25) is 0 Å². The van der Waals surface area contributed by atoms with E-state index in [1.807, 2.05) is 17.0 Å². The first-order chi connectivity index (χ1) is 13.0. The molecule has 148 valence electrons. The topological polar surface area (TPSA) is 89.5 Å². The predicted octanol–water partition coefficient (Wildman–Crippen LogP) is 1.62. The molecule has 0 atom stereocenters. The fourth-order valence-corrected chi connectivity index (χ4v) is 4.43. The number of carbonyl (C=O) groups excluding carboxylic acids is 2. The molecule has 1 heterocycles. The Hall–Kier alpha value is -0.990.